The summed E-state index contributed by atoms with van der Waals surface area (Å²) in [7, 11) is 1.75. The van der Waals surface area contributed by atoms with E-state index in [0.29, 0.717) is 5.92 Å². The van der Waals surface area contributed by atoms with Crippen molar-refractivity contribution in [1.29, 1.82) is 5.41 Å². The molecule has 0 saturated carbocycles. The Kier molecular flexibility index (Phi) is 16.1. The number of ether oxygens (including phenoxy) is 1. The van der Waals surface area contributed by atoms with Gasteiger partial charge >= 0.3 is 0 Å². The normalized spacial score (nSPS) is 9.33. The van der Waals surface area contributed by atoms with E-state index >= 15 is 0 Å². The molecule has 1 rings (SSSR count). The van der Waals surface area contributed by atoms with Gasteiger partial charge in [-0.1, -0.05) is 65.7 Å². The average molecular weight is 293 g/mol. The van der Waals surface area contributed by atoms with E-state index in [1.807, 2.05) is 26.0 Å². The zero-order valence-electron chi connectivity index (χ0n) is 15.1. The molecule has 1 aromatic carbocycles. The lowest BCUT2D eigenvalue weighted by Crippen LogP contribution is -1.95. The Labute approximate surface area is 132 Å². The molecule has 0 spiro atoms. The topological polar surface area (TPSA) is 33.1 Å². The van der Waals surface area contributed by atoms with Crippen molar-refractivity contribution in [2.45, 2.75) is 66.7 Å². The first-order valence-electron chi connectivity index (χ1n) is 8.17. The van der Waals surface area contributed by atoms with Crippen LogP contribution in [-0.4, -0.2) is 19.9 Å². The molecule has 2 nitrogen and oxygen atoms in total. The van der Waals surface area contributed by atoms with Crippen LogP contribution in [0.1, 0.15) is 76.5 Å². The molecule has 0 amide bonds. The van der Waals surface area contributed by atoms with Crippen LogP contribution in [0.15, 0.2) is 18.2 Å². The van der Waals surface area contributed by atoms with Crippen molar-refractivity contribution in [2.24, 2.45) is 0 Å². The second kappa shape index (κ2) is 15.2. The minimum atomic E-state index is 0.546. The molecule has 1 N–H and O–H groups in total. The number of methoxy groups -OCH3 is 1. The number of hydrogen-bond donors (Lipinski definition) is 1. The third-order valence-electron chi connectivity index (χ3n) is 3.15. The van der Waals surface area contributed by atoms with Gasteiger partial charge in [0.25, 0.3) is 0 Å². The van der Waals surface area contributed by atoms with E-state index in [1.165, 1.54) is 36.6 Å². The molecule has 0 heterocycles. The van der Waals surface area contributed by atoms with Crippen LogP contribution in [0.4, 0.5) is 0 Å². The van der Waals surface area contributed by atoms with Crippen LogP contribution in [0.2, 0.25) is 0 Å². The minimum Gasteiger partial charge on any atom is -0.385 e. The molecular formula is C19H35NO. The van der Waals surface area contributed by atoms with E-state index in [4.69, 9.17) is 10.1 Å². The Hall–Kier alpha value is -1.15. The second-order valence-electron chi connectivity index (χ2n) is 5.06. The van der Waals surface area contributed by atoms with Crippen LogP contribution in [0.5, 0.6) is 0 Å². The first-order chi connectivity index (χ1) is 10.1. The largest absolute Gasteiger partial charge is 0.385 e. The zero-order chi connectivity index (χ0) is 16.7. The maximum atomic E-state index is 7.20. The summed E-state index contributed by atoms with van der Waals surface area (Å²) >= 11 is 0. The van der Waals surface area contributed by atoms with Crippen molar-refractivity contribution in [3.05, 3.63) is 34.9 Å². The fourth-order valence-electron chi connectivity index (χ4n) is 1.95. The van der Waals surface area contributed by atoms with Gasteiger partial charge in [-0.15, -0.1) is 0 Å². The summed E-state index contributed by atoms with van der Waals surface area (Å²) in [6.07, 6.45) is 5.21. The van der Waals surface area contributed by atoms with Crippen molar-refractivity contribution in [3.63, 3.8) is 0 Å². The highest BCUT2D eigenvalue weighted by Crippen LogP contribution is 2.20. The van der Waals surface area contributed by atoms with Crippen LogP contribution >= 0.6 is 0 Å². The SMILES string of the molecule is CC.CCCCCOC.Cc1c(C=N)cccc1C(C)C. The van der Waals surface area contributed by atoms with Gasteiger partial charge in [0, 0.05) is 19.9 Å². The summed E-state index contributed by atoms with van der Waals surface area (Å²) in [5.41, 5.74) is 3.61. The zero-order valence-corrected chi connectivity index (χ0v) is 15.1. The molecule has 1 aromatic rings. The van der Waals surface area contributed by atoms with E-state index in [-0.39, 0.29) is 0 Å². The highest BCUT2D eigenvalue weighted by atomic mass is 16.5. The molecule has 0 aromatic heterocycles. The van der Waals surface area contributed by atoms with Crippen molar-refractivity contribution in [3.8, 4) is 0 Å². The van der Waals surface area contributed by atoms with Crippen molar-refractivity contribution in [1.82, 2.24) is 0 Å². The Bertz CT molecular complexity index is 355. The van der Waals surface area contributed by atoms with Gasteiger partial charge in [0.2, 0.25) is 0 Å². The number of benzene rings is 1. The number of unbranched alkanes of at least 4 members (excludes halogenated alkanes) is 2. The van der Waals surface area contributed by atoms with Crippen LogP contribution in [0, 0.1) is 12.3 Å². The Balaban J connectivity index is 0. The molecule has 122 valence electrons. The third-order valence-corrected chi connectivity index (χ3v) is 3.15. The van der Waals surface area contributed by atoms with Gasteiger partial charge in [-0.25, -0.2) is 0 Å². The number of nitrogens with one attached hydrogen (secondary N) is 1. The lowest BCUT2D eigenvalue weighted by atomic mass is 9.95. The first kappa shape index (κ1) is 22.1. The molecule has 0 radical (unpaired) electrons. The Morgan fingerprint density at radius 1 is 1.19 bits per heavy atom. The summed E-state index contributed by atoms with van der Waals surface area (Å²) in [5.74, 6) is 0.546. The standard InChI is InChI=1S/C11H15N.C6H14O.C2H6/c1-8(2)11-6-4-5-10(7-12)9(11)3;1-3-4-5-6-7-2;1-2/h4-8,12H,1-3H3;3-6H2,1-2H3;1-2H3. The van der Waals surface area contributed by atoms with Crippen LogP contribution < -0.4 is 0 Å². The van der Waals surface area contributed by atoms with Crippen LogP contribution in [-0.2, 0) is 4.74 Å². The minimum absolute atomic E-state index is 0.546. The van der Waals surface area contributed by atoms with E-state index < -0.39 is 0 Å². The summed E-state index contributed by atoms with van der Waals surface area (Å²) < 4.78 is 4.84. The highest BCUT2D eigenvalue weighted by molar-refractivity contribution is 5.79. The summed E-state index contributed by atoms with van der Waals surface area (Å²) in [5, 5.41) is 7.20. The molecule has 0 aliphatic carbocycles. The maximum absolute atomic E-state index is 7.20. The van der Waals surface area contributed by atoms with Gasteiger partial charge in [0.15, 0.2) is 0 Å². The highest BCUT2D eigenvalue weighted by Gasteiger charge is 2.04. The molecule has 2 heteroatoms. The maximum Gasteiger partial charge on any atom is 0.0462 e. The molecule has 0 aliphatic rings. The third kappa shape index (κ3) is 10.3. The van der Waals surface area contributed by atoms with Gasteiger partial charge < -0.3 is 10.1 Å². The molecule has 0 saturated heterocycles. The van der Waals surface area contributed by atoms with Gasteiger partial charge in [-0.3, -0.25) is 0 Å². The van der Waals surface area contributed by atoms with Crippen LogP contribution in [0.3, 0.4) is 0 Å². The average Bonchev–Trinajstić information content (AvgIpc) is 2.50. The smallest absolute Gasteiger partial charge is 0.0462 e. The number of hydrogen-bond acceptors (Lipinski definition) is 2. The summed E-state index contributed by atoms with van der Waals surface area (Å²) in [6.45, 7) is 13.5. The number of rotatable bonds is 6. The molecule has 0 atom stereocenters. The predicted molar refractivity (Wildman–Crippen MR) is 95.9 cm³/mol. The quantitative estimate of drug-likeness (QED) is 0.509. The van der Waals surface area contributed by atoms with E-state index in [9.17, 15) is 0 Å². The lowest BCUT2D eigenvalue weighted by molar-refractivity contribution is 0.192. The molecular weight excluding hydrogens is 258 g/mol. The van der Waals surface area contributed by atoms with Crippen LogP contribution in [0.25, 0.3) is 0 Å². The lowest BCUT2D eigenvalue weighted by Gasteiger charge is -2.10. The monoisotopic (exact) mass is 293 g/mol. The van der Waals surface area contributed by atoms with Gasteiger partial charge in [0.1, 0.15) is 0 Å². The Morgan fingerprint density at radius 3 is 2.24 bits per heavy atom. The van der Waals surface area contributed by atoms with E-state index in [1.54, 1.807) is 7.11 Å². The fourth-order valence-corrected chi connectivity index (χ4v) is 1.95. The van der Waals surface area contributed by atoms with Gasteiger partial charge in [0.05, 0.1) is 0 Å². The second-order valence-corrected chi connectivity index (χ2v) is 5.06. The molecule has 0 bridgehead atoms. The van der Waals surface area contributed by atoms with Gasteiger partial charge in [-0.2, -0.15) is 0 Å². The Morgan fingerprint density at radius 2 is 1.81 bits per heavy atom. The summed E-state index contributed by atoms with van der Waals surface area (Å²) in [4.78, 5) is 0. The molecule has 0 fully saturated rings. The van der Waals surface area contributed by atoms with Crippen molar-refractivity contribution >= 4 is 6.21 Å². The first-order valence-corrected chi connectivity index (χ1v) is 8.17. The molecule has 0 aliphatic heterocycles. The predicted octanol–water partition coefficient (Wildman–Crippen LogP) is 5.97. The molecule has 21 heavy (non-hydrogen) atoms. The molecule has 0 unspecified atom stereocenters. The van der Waals surface area contributed by atoms with Crippen molar-refractivity contribution in [2.75, 3.05) is 13.7 Å². The van der Waals surface area contributed by atoms with Gasteiger partial charge in [-0.05, 0) is 36.0 Å². The van der Waals surface area contributed by atoms with E-state index in [2.05, 4.69) is 33.8 Å². The van der Waals surface area contributed by atoms with Crippen molar-refractivity contribution < 1.29 is 4.74 Å². The van der Waals surface area contributed by atoms with E-state index in [0.717, 1.165) is 12.2 Å². The fraction of sp³-hybridized carbons (Fsp3) is 0.632. The summed E-state index contributed by atoms with van der Waals surface area (Å²) in [6, 6.07) is 6.13.